The molecule has 0 spiro atoms. The third kappa shape index (κ3) is 6.66. The Labute approximate surface area is 168 Å². The lowest BCUT2D eigenvalue weighted by atomic mass is 10.1. The van der Waals surface area contributed by atoms with E-state index < -0.39 is 0 Å². The fourth-order valence-electron chi connectivity index (χ4n) is 2.77. The molecule has 3 heteroatoms. The minimum Gasteiger partial charge on any atom is -0.494 e. The summed E-state index contributed by atoms with van der Waals surface area (Å²) < 4.78 is 11.7. The van der Waals surface area contributed by atoms with Crippen molar-refractivity contribution < 1.29 is 9.47 Å². The number of nitrogens with one attached hydrogen (secondary N) is 1. The van der Waals surface area contributed by atoms with E-state index in [-0.39, 0.29) is 0 Å². The SMILES string of the molecule is CC(C)CCOc1cccc(CNc2ccc(OCc3ccccc3)cc2)c1. The van der Waals surface area contributed by atoms with Gasteiger partial charge in [-0.25, -0.2) is 0 Å². The molecule has 0 aliphatic carbocycles. The Morgan fingerprint density at radius 3 is 2.25 bits per heavy atom. The average molecular weight is 376 g/mol. The Morgan fingerprint density at radius 1 is 0.750 bits per heavy atom. The summed E-state index contributed by atoms with van der Waals surface area (Å²) >= 11 is 0. The van der Waals surface area contributed by atoms with E-state index in [0.29, 0.717) is 12.5 Å². The third-order valence-electron chi connectivity index (χ3n) is 4.46. The molecule has 1 N–H and O–H groups in total. The first-order valence-corrected chi connectivity index (χ1v) is 9.91. The van der Waals surface area contributed by atoms with Crippen LogP contribution in [0.3, 0.4) is 0 Å². The van der Waals surface area contributed by atoms with Crippen molar-refractivity contribution in [2.24, 2.45) is 5.92 Å². The number of hydrogen-bond acceptors (Lipinski definition) is 3. The summed E-state index contributed by atoms with van der Waals surface area (Å²) in [4.78, 5) is 0. The molecule has 3 aromatic rings. The standard InChI is InChI=1S/C25H29NO2/c1-20(2)15-16-27-25-10-6-9-22(17-25)18-26-23-11-13-24(14-12-23)28-19-21-7-4-3-5-8-21/h3-14,17,20,26H,15-16,18-19H2,1-2H3. The first-order valence-electron chi connectivity index (χ1n) is 9.91. The van der Waals surface area contributed by atoms with E-state index in [0.717, 1.165) is 36.8 Å². The summed E-state index contributed by atoms with van der Waals surface area (Å²) in [6, 6.07) is 26.5. The lowest BCUT2D eigenvalue weighted by Crippen LogP contribution is -2.03. The second kappa shape index (κ2) is 10.4. The predicted molar refractivity (Wildman–Crippen MR) is 116 cm³/mol. The van der Waals surface area contributed by atoms with E-state index in [1.165, 1.54) is 11.1 Å². The molecule has 146 valence electrons. The molecule has 0 fully saturated rings. The van der Waals surface area contributed by atoms with Gasteiger partial charge in [0.05, 0.1) is 6.61 Å². The van der Waals surface area contributed by atoms with Gasteiger partial charge in [0.2, 0.25) is 0 Å². The van der Waals surface area contributed by atoms with Crippen molar-refractivity contribution in [1.82, 2.24) is 0 Å². The molecule has 0 heterocycles. The molecule has 3 aromatic carbocycles. The number of anilines is 1. The van der Waals surface area contributed by atoms with Crippen LogP contribution in [-0.2, 0) is 13.2 Å². The Kier molecular flexibility index (Phi) is 7.36. The summed E-state index contributed by atoms with van der Waals surface area (Å²) in [6.45, 7) is 6.52. The number of rotatable bonds is 10. The molecular weight excluding hydrogens is 346 g/mol. The molecule has 0 radical (unpaired) electrons. The predicted octanol–water partition coefficient (Wildman–Crippen LogP) is 6.30. The fourth-order valence-corrected chi connectivity index (χ4v) is 2.77. The first kappa shape index (κ1) is 19.8. The maximum absolute atomic E-state index is 5.84. The van der Waals surface area contributed by atoms with Crippen LogP contribution < -0.4 is 14.8 Å². The van der Waals surface area contributed by atoms with Gasteiger partial charge in [0.25, 0.3) is 0 Å². The summed E-state index contributed by atoms with van der Waals surface area (Å²) in [7, 11) is 0. The van der Waals surface area contributed by atoms with Gasteiger partial charge in [-0.1, -0.05) is 56.3 Å². The van der Waals surface area contributed by atoms with Crippen LogP contribution in [0.25, 0.3) is 0 Å². The highest BCUT2D eigenvalue weighted by Gasteiger charge is 2.01. The summed E-state index contributed by atoms with van der Waals surface area (Å²) in [5.74, 6) is 2.46. The minimum absolute atomic E-state index is 0.581. The highest BCUT2D eigenvalue weighted by molar-refractivity contribution is 5.47. The highest BCUT2D eigenvalue weighted by Crippen LogP contribution is 2.19. The van der Waals surface area contributed by atoms with Crippen molar-refractivity contribution >= 4 is 5.69 Å². The van der Waals surface area contributed by atoms with Crippen LogP contribution in [0.1, 0.15) is 31.4 Å². The molecule has 28 heavy (non-hydrogen) atoms. The van der Waals surface area contributed by atoms with Crippen LogP contribution in [0.15, 0.2) is 78.9 Å². The van der Waals surface area contributed by atoms with Crippen molar-refractivity contribution in [2.45, 2.75) is 33.4 Å². The van der Waals surface area contributed by atoms with Crippen LogP contribution in [0.5, 0.6) is 11.5 Å². The highest BCUT2D eigenvalue weighted by atomic mass is 16.5. The van der Waals surface area contributed by atoms with Gasteiger partial charge >= 0.3 is 0 Å². The zero-order chi connectivity index (χ0) is 19.6. The minimum atomic E-state index is 0.581. The normalized spacial score (nSPS) is 10.7. The number of hydrogen-bond donors (Lipinski definition) is 1. The van der Waals surface area contributed by atoms with Gasteiger partial charge in [-0.2, -0.15) is 0 Å². The van der Waals surface area contributed by atoms with Crippen molar-refractivity contribution in [3.05, 3.63) is 90.0 Å². The lowest BCUT2D eigenvalue weighted by Gasteiger charge is -2.11. The van der Waals surface area contributed by atoms with Crippen molar-refractivity contribution in [3.63, 3.8) is 0 Å². The molecule has 0 saturated carbocycles. The topological polar surface area (TPSA) is 30.5 Å². The average Bonchev–Trinajstić information content (AvgIpc) is 2.72. The van der Waals surface area contributed by atoms with E-state index in [2.05, 4.69) is 43.4 Å². The van der Waals surface area contributed by atoms with E-state index in [9.17, 15) is 0 Å². The lowest BCUT2D eigenvalue weighted by molar-refractivity contribution is 0.289. The zero-order valence-corrected chi connectivity index (χ0v) is 16.7. The molecule has 0 atom stereocenters. The van der Waals surface area contributed by atoms with Crippen LogP contribution >= 0.6 is 0 Å². The Balaban J connectivity index is 1.47. The maximum Gasteiger partial charge on any atom is 0.119 e. The molecule has 0 unspecified atom stereocenters. The smallest absolute Gasteiger partial charge is 0.119 e. The number of ether oxygens (including phenoxy) is 2. The molecule has 0 aromatic heterocycles. The van der Waals surface area contributed by atoms with Gasteiger partial charge in [-0.05, 0) is 59.9 Å². The van der Waals surface area contributed by atoms with Crippen LogP contribution in [0.2, 0.25) is 0 Å². The first-order chi connectivity index (χ1) is 13.7. The molecule has 3 nitrogen and oxygen atoms in total. The van der Waals surface area contributed by atoms with E-state index in [1.54, 1.807) is 0 Å². The molecule has 3 rings (SSSR count). The summed E-state index contributed by atoms with van der Waals surface area (Å²) in [5.41, 5.74) is 3.44. The van der Waals surface area contributed by atoms with Gasteiger partial charge in [0.15, 0.2) is 0 Å². The second-order valence-electron chi connectivity index (χ2n) is 7.33. The van der Waals surface area contributed by atoms with Gasteiger partial charge in [-0.3, -0.25) is 0 Å². The molecule has 0 bridgehead atoms. The Morgan fingerprint density at radius 2 is 1.50 bits per heavy atom. The zero-order valence-electron chi connectivity index (χ0n) is 16.7. The van der Waals surface area contributed by atoms with Gasteiger partial charge in [0.1, 0.15) is 18.1 Å². The van der Waals surface area contributed by atoms with Crippen LogP contribution in [0.4, 0.5) is 5.69 Å². The summed E-state index contributed by atoms with van der Waals surface area (Å²) in [5, 5.41) is 3.45. The number of benzene rings is 3. The van der Waals surface area contributed by atoms with E-state index >= 15 is 0 Å². The third-order valence-corrected chi connectivity index (χ3v) is 4.46. The molecule has 0 amide bonds. The molecule has 0 aliphatic heterocycles. The molecule has 0 aliphatic rings. The summed E-state index contributed by atoms with van der Waals surface area (Å²) in [6.07, 6.45) is 1.07. The van der Waals surface area contributed by atoms with Gasteiger partial charge < -0.3 is 14.8 Å². The fraction of sp³-hybridized carbons (Fsp3) is 0.280. The molecular formula is C25H29NO2. The Bertz CT molecular complexity index is 829. The molecule has 0 saturated heterocycles. The quantitative estimate of drug-likeness (QED) is 0.451. The largest absolute Gasteiger partial charge is 0.494 e. The van der Waals surface area contributed by atoms with Crippen molar-refractivity contribution in [1.29, 1.82) is 0 Å². The van der Waals surface area contributed by atoms with E-state index in [4.69, 9.17) is 9.47 Å². The van der Waals surface area contributed by atoms with Crippen LogP contribution in [-0.4, -0.2) is 6.61 Å². The Hall–Kier alpha value is -2.94. The van der Waals surface area contributed by atoms with Crippen molar-refractivity contribution in [3.8, 4) is 11.5 Å². The van der Waals surface area contributed by atoms with Crippen LogP contribution in [0, 0.1) is 5.92 Å². The van der Waals surface area contributed by atoms with Crippen molar-refractivity contribution in [2.75, 3.05) is 11.9 Å². The monoisotopic (exact) mass is 375 g/mol. The van der Waals surface area contributed by atoms with E-state index in [1.807, 2.05) is 54.6 Å². The maximum atomic E-state index is 5.84. The second-order valence-corrected chi connectivity index (χ2v) is 7.33. The van der Waals surface area contributed by atoms with Gasteiger partial charge in [0, 0.05) is 12.2 Å². The van der Waals surface area contributed by atoms with Gasteiger partial charge in [-0.15, -0.1) is 0 Å².